The van der Waals surface area contributed by atoms with E-state index in [1.54, 1.807) is 24.1 Å². The molecule has 1 amide bonds. The van der Waals surface area contributed by atoms with Gasteiger partial charge in [-0.2, -0.15) is 0 Å². The Morgan fingerprint density at radius 2 is 1.84 bits per heavy atom. The van der Waals surface area contributed by atoms with E-state index >= 15 is 0 Å². The molecule has 0 atom stereocenters. The Morgan fingerprint density at radius 3 is 2.42 bits per heavy atom. The Bertz CT molecular complexity index is 486. The molecule has 0 aromatic heterocycles. The van der Waals surface area contributed by atoms with Crippen molar-refractivity contribution in [2.45, 2.75) is 38.1 Å². The third-order valence-electron chi connectivity index (χ3n) is 3.83. The Morgan fingerprint density at radius 1 is 1.21 bits per heavy atom. The number of halogens is 1. The number of allylic oxidation sites excluding steroid dienone is 2. The van der Waals surface area contributed by atoms with Crippen molar-refractivity contribution in [3.05, 3.63) is 33.5 Å². The standard InChI is InChI=1S/C15H18INO2/c1-3-4-5-6-12-13(16)14(19)17(2)15(12)9-7-11(18)8-10-15/h7-10H,3-6H2,1-2H3. The largest absolute Gasteiger partial charge is 0.325 e. The van der Waals surface area contributed by atoms with Crippen molar-refractivity contribution >= 4 is 34.3 Å². The van der Waals surface area contributed by atoms with Crippen molar-refractivity contribution in [2.24, 2.45) is 0 Å². The Balaban J connectivity index is 2.35. The molecular formula is C15H18INO2. The summed E-state index contributed by atoms with van der Waals surface area (Å²) in [6.45, 7) is 2.17. The SMILES string of the molecule is CCCCCC1=C(I)C(=O)N(C)C12C=CC(=O)C=C2. The smallest absolute Gasteiger partial charge is 0.261 e. The van der Waals surface area contributed by atoms with Gasteiger partial charge in [-0.3, -0.25) is 9.59 Å². The quantitative estimate of drug-likeness (QED) is 0.563. The summed E-state index contributed by atoms with van der Waals surface area (Å²) in [5.41, 5.74) is 0.629. The molecule has 2 aliphatic rings. The summed E-state index contributed by atoms with van der Waals surface area (Å²) >= 11 is 2.14. The van der Waals surface area contributed by atoms with Gasteiger partial charge in [0.25, 0.3) is 5.91 Å². The summed E-state index contributed by atoms with van der Waals surface area (Å²) in [5, 5.41) is 0. The van der Waals surface area contributed by atoms with Gasteiger partial charge in [-0.05, 0) is 65.3 Å². The predicted molar refractivity (Wildman–Crippen MR) is 84.0 cm³/mol. The molecule has 1 spiro atoms. The number of carbonyl (C=O) groups excluding carboxylic acids is 2. The molecule has 0 aromatic rings. The Labute approximate surface area is 127 Å². The van der Waals surface area contributed by atoms with Gasteiger partial charge in [-0.25, -0.2) is 0 Å². The van der Waals surface area contributed by atoms with Gasteiger partial charge in [0.2, 0.25) is 0 Å². The Hall–Kier alpha value is -0.910. The molecule has 1 aliphatic carbocycles. The van der Waals surface area contributed by atoms with Crippen molar-refractivity contribution in [3.8, 4) is 0 Å². The van der Waals surface area contributed by atoms with Crippen LogP contribution in [0.2, 0.25) is 0 Å². The Kier molecular flexibility index (Phi) is 4.28. The van der Waals surface area contributed by atoms with E-state index in [0.717, 1.165) is 34.8 Å². The van der Waals surface area contributed by atoms with Crippen LogP contribution < -0.4 is 0 Å². The van der Waals surface area contributed by atoms with Gasteiger partial charge in [0.15, 0.2) is 5.78 Å². The minimum Gasteiger partial charge on any atom is -0.325 e. The fraction of sp³-hybridized carbons (Fsp3) is 0.467. The van der Waals surface area contributed by atoms with Gasteiger partial charge >= 0.3 is 0 Å². The van der Waals surface area contributed by atoms with E-state index in [9.17, 15) is 9.59 Å². The zero-order valence-electron chi connectivity index (χ0n) is 11.3. The summed E-state index contributed by atoms with van der Waals surface area (Å²) < 4.78 is 0.805. The molecule has 0 radical (unpaired) electrons. The highest BCUT2D eigenvalue weighted by Crippen LogP contribution is 2.43. The minimum atomic E-state index is -0.505. The maximum atomic E-state index is 12.2. The molecule has 102 valence electrons. The summed E-state index contributed by atoms with van der Waals surface area (Å²) in [6.07, 6.45) is 11.2. The van der Waals surface area contributed by atoms with Crippen molar-refractivity contribution in [1.82, 2.24) is 4.90 Å². The maximum absolute atomic E-state index is 12.2. The molecule has 0 unspecified atom stereocenters. The zero-order chi connectivity index (χ0) is 14.0. The van der Waals surface area contributed by atoms with Gasteiger partial charge in [-0.15, -0.1) is 0 Å². The van der Waals surface area contributed by atoms with Gasteiger partial charge in [0.05, 0.1) is 3.58 Å². The molecule has 3 nitrogen and oxygen atoms in total. The fourth-order valence-electron chi connectivity index (χ4n) is 2.64. The topological polar surface area (TPSA) is 37.4 Å². The van der Waals surface area contributed by atoms with E-state index in [0.29, 0.717) is 0 Å². The van der Waals surface area contributed by atoms with E-state index in [2.05, 4.69) is 29.5 Å². The number of nitrogens with zero attached hydrogens (tertiary/aromatic N) is 1. The first-order chi connectivity index (χ1) is 9.03. The van der Waals surface area contributed by atoms with E-state index < -0.39 is 5.54 Å². The molecule has 0 saturated heterocycles. The van der Waals surface area contributed by atoms with Crippen LogP contribution in [-0.4, -0.2) is 29.2 Å². The molecule has 4 heteroatoms. The normalized spacial score (nSPS) is 21.1. The minimum absolute atomic E-state index is 0.0127. The monoisotopic (exact) mass is 371 g/mol. The second kappa shape index (κ2) is 5.61. The van der Waals surface area contributed by atoms with Gasteiger partial charge in [-0.1, -0.05) is 19.8 Å². The molecule has 0 N–H and O–H groups in total. The van der Waals surface area contributed by atoms with E-state index in [-0.39, 0.29) is 11.7 Å². The van der Waals surface area contributed by atoms with Gasteiger partial charge < -0.3 is 4.90 Å². The first kappa shape index (κ1) is 14.5. The lowest BCUT2D eigenvalue weighted by molar-refractivity contribution is -0.125. The van der Waals surface area contributed by atoms with Crippen LogP contribution in [0.1, 0.15) is 32.6 Å². The summed E-state index contributed by atoms with van der Waals surface area (Å²) in [5.74, 6) is 0.0389. The lowest BCUT2D eigenvalue weighted by Crippen LogP contribution is -2.43. The molecular weight excluding hydrogens is 353 g/mol. The molecule has 0 bridgehead atoms. The average Bonchev–Trinajstić information content (AvgIpc) is 2.58. The molecule has 0 saturated carbocycles. The van der Waals surface area contributed by atoms with E-state index in [1.165, 1.54) is 0 Å². The number of unbranched alkanes of at least 4 members (excludes halogenated alkanes) is 2. The van der Waals surface area contributed by atoms with Crippen LogP contribution in [0.4, 0.5) is 0 Å². The van der Waals surface area contributed by atoms with Crippen molar-refractivity contribution in [2.75, 3.05) is 7.05 Å². The molecule has 0 fully saturated rings. The van der Waals surface area contributed by atoms with Crippen LogP contribution >= 0.6 is 22.6 Å². The van der Waals surface area contributed by atoms with Crippen LogP contribution in [0, 0.1) is 0 Å². The molecule has 19 heavy (non-hydrogen) atoms. The lowest BCUT2D eigenvalue weighted by Gasteiger charge is -2.34. The average molecular weight is 371 g/mol. The second-order valence-electron chi connectivity index (χ2n) is 5.01. The second-order valence-corrected chi connectivity index (χ2v) is 6.09. The first-order valence-corrected chi connectivity index (χ1v) is 7.70. The molecule has 2 rings (SSSR count). The molecule has 0 aromatic carbocycles. The van der Waals surface area contributed by atoms with Crippen LogP contribution in [0.25, 0.3) is 0 Å². The van der Waals surface area contributed by atoms with Crippen molar-refractivity contribution < 1.29 is 9.59 Å². The number of likely N-dealkylation sites (N-methyl/N-ethyl adjacent to an activating group) is 1. The van der Waals surface area contributed by atoms with Crippen LogP contribution in [-0.2, 0) is 9.59 Å². The fourth-order valence-corrected chi connectivity index (χ4v) is 3.70. The van der Waals surface area contributed by atoms with Crippen LogP contribution in [0.15, 0.2) is 33.5 Å². The zero-order valence-corrected chi connectivity index (χ0v) is 13.4. The molecule has 1 heterocycles. The van der Waals surface area contributed by atoms with Crippen LogP contribution in [0.5, 0.6) is 0 Å². The lowest BCUT2D eigenvalue weighted by atomic mass is 9.84. The number of ketones is 1. The number of amides is 1. The van der Waals surface area contributed by atoms with E-state index in [4.69, 9.17) is 0 Å². The molecule has 1 aliphatic heterocycles. The number of hydrogen-bond acceptors (Lipinski definition) is 2. The van der Waals surface area contributed by atoms with Gasteiger partial charge in [0.1, 0.15) is 5.54 Å². The first-order valence-electron chi connectivity index (χ1n) is 6.62. The third-order valence-corrected chi connectivity index (χ3v) is 4.94. The highest BCUT2D eigenvalue weighted by Gasteiger charge is 2.45. The highest BCUT2D eigenvalue weighted by atomic mass is 127. The summed E-state index contributed by atoms with van der Waals surface area (Å²) in [6, 6.07) is 0. The third kappa shape index (κ3) is 2.42. The van der Waals surface area contributed by atoms with Crippen LogP contribution in [0.3, 0.4) is 0 Å². The predicted octanol–water partition coefficient (Wildman–Crippen LogP) is 3.16. The van der Waals surface area contributed by atoms with Crippen molar-refractivity contribution in [3.63, 3.8) is 0 Å². The number of hydrogen-bond donors (Lipinski definition) is 0. The number of carbonyl (C=O) groups is 2. The van der Waals surface area contributed by atoms with E-state index in [1.807, 2.05) is 12.2 Å². The van der Waals surface area contributed by atoms with Crippen molar-refractivity contribution in [1.29, 1.82) is 0 Å². The number of rotatable bonds is 4. The summed E-state index contributed by atoms with van der Waals surface area (Å²) in [4.78, 5) is 25.3. The summed E-state index contributed by atoms with van der Waals surface area (Å²) in [7, 11) is 1.80. The highest BCUT2D eigenvalue weighted by molar-refractivity contribution is 14.1. The maximum Gasteiger partial charge on any atom is 0.261 e. The van der Waals surface area contributed by atoms with Gasteiger partial charge in [0, 0.05) is 7.05 Å².